The number of thiocarbonyl (C=S) groups is 1. The maximum Gasteiger partial charge on any atom is 0.166 e. The molecule has 0 radical (unpaired) electrons. The summed E-state index contributed by atoms with van der Waals surface area (Å²) in [5.41, 5.74) is 1.11. The Morgan fingerprint density at radius 2 is 2.12 bits per heavy atom. The van der Waals surface area contributed by atoms with E-state index in [0.29, 0.717) is 5.11 Å². The maximum absolute atomic E-state index is 5.33. The minimum atomic E-state index is 0.128. The first-order valence-corrected chi connectivity index (χ1v) is 6.27. The van der Waals surface area contributed by atoms with Crippen LogP contribution in [0.5, 0.6) is 5.75 Å². The number of methoxy groups -OCH3 is 1. The Hall–Kier alpha value is -1.29. The average molecular weight is 252 g/mol. The number of nitrogens with one attached hydrogen (secondary N) is 2. The summed E-state index contributed by atoms with van der Waals surface area (Å²) in [6, 6.07) is 8.08. The lowest BCUT2D eigenvalue weighted by Gasteiger charge is -2.19. The molecule has 0 aromatic heterocycles. The van der Waals surface area contributed by atoms with Crippen molar-refractivity contribution in [2.75, 3.05) is 13.7 Å². The van der Waals surface area contributed by atoms with E-state index in [-0.39, 0.29) is 6.04 Å². The first-order valence-electron chi connectivity index (χ1n) is 5.86. The molecule has 1 aromatic rings. The molecule has 3 nitrogen and oxygen atoms in total. The second-order valence-electron chi connectivity index (χ2n) is 3.86. The highest BCUT2D eigenvalue weighted by Gasteiger charge is 2.11. The van der Waals surface area contributed by atoms with Gasteiger partial charge in [-0.05, 0) is 31.6 Å². The van der Waals surface area contributed by atoms with Crippen molar-refractivity contribution in [3.05, 3.63) is 29.8 Å². The number of rotatable bonds is 5. The summed E-state index contributed by atoms with van der Waals surface area (Å²) in [6.45, 7) is 5.07. The Morgan fingerprint density at radius 1 is 1.41 bits per heavy atom. The van der Waals surface area contributed by atoms with Gasteiger partial charge in [0.1, 0.15) is 5.75 Å². The lowest BCUT2D eigenvalue weighted by molar-refractivity contribution is 0.405. The number of hydrogen-bond donors (Lipinski definition) is 2. The predicted molar refractivity (Wildman–Crippen MR) is 75.4 cm³/mol. The lowest BCUT2D eigenvalue weighted by atomic mass is 10.1. The van der Waals surface area contributed by atoms with Crippen molar-refractivity contribution < 1.29 is 4.74 Å². The second-order valence-corrected chi connectivity index (χ2v) is 4.27. The van der Waals surface area contributed by atoms with Crippen molar-refractivity contribution in [3.8, 4) is 5.75 Å². The quantitative estimate of drug-likeness (QED) is 0.789. The van der Waals surface area contributed by atoms with Crippen LogP contribution in [-0.4, -0.2) is 18.8 Å². The zero-order valence-corrected chi connectivity index (χ0v) is 11.4. The molecule has 1 aromatic carbocycles. The van der Waals surface area contributed by atoms with Crippen molar-refractivity contribution in [2.45, 2.75) is 26.3 Å². The highest BCUT2D eigenvalue weighted by molar-refractivity contribution is 7.80. The van der Waals surface area contributed by atoms with Crippen LogP contribution in [0.3, 0.4) is 0 Å². The van der Waals surface area contributed by atoms with Crippen LogP contribution < -0.4 is 15.4 Å². The predicted octanol–water partition coefficient (Wildman–Crippen LogP) is 2.63. The molecule has 1 atom stereocenters. The summed E-state index contributed by atoms with van der Waals surface area (Å²) in [4.78, 5) is 0. The fourth-order valence-corrected chi connectivity index (χ4v) is 1.87. The molecular formula is C13H20N2OS. The largest absolute Gasteiger partial charge is 0.496 e. The Bertz CT molecular complexity index is 368. The van der Waals surface area contributed by atoms with Crippen molar-refractivity contribution >= 4 is 17.3 Å². The van der Waals surface area contributed by atoms with Crippen LogP contribution in [0.25, 0.3) is 0 Å². The molecule has 0 saturated carbocycles. The van der Waals surface area contributed by atoms with Gasteiger partial charge >= 0.3 is 0 Å². The Balaban J connectivity index is 2.62. The number of hydrogen-bond acceptors (Lipinski definition) is 2. The molecule has 2 N–H and O–H groups in total. The monoisotopic (exact) mass is 252 g/mol. The van der Waals surface area contributed by atoms with E-state index in [2.05, 4.69) is 24.5 Å². The Labute approximate surface area is 109 Å². The summed E-state index contributed by atoms with van der Waals surface area (Å²) in [6.07, 6.45) is 1.06. The first-order chi connectivity index (χ1) is 8.19. The molecule has 94 valence electrons. The third kappa shape index (κ3) is 4.23. The Kier molecular flexibility index (Phi) is 5.77. The van der Waals surface area contributed by atoms with Crippen LogP contribution in [-0.2, 0) is 0 Å². The summed E-state index contributed by atoms with van der Waals surface area (Å²) in [5.74, 6) is 0.880. The molecule has 0 aliphatic heterocycles. The normalized spacial score (nSPS) is 11.7. The van der Waals surface area contributed by atoms with Gasteiger partial charge in [-0.2, -0.15) is 0 Å². The van der Waals surface area contributed by atoms with Crippen LogP contribution in [0, 0.1) is 0 Å². The topological polar surface area (TPSA) is 33.3 Å². The highest BCUT2D eigenvalue weighted by atomic mass is 32.1. The van der Waals surface area contributed by atoms with Gasteiger partial charge in [-0.25, -0.2) is 0 Å². The van der Waals surface area contributed by atoms with Gasteiger partial charge in [0, 0.05) is 12.1 Å². The van der Waals surface area contributed by atoms with Gasteiger partial charge < -0.3 is 15.4 Å². The fraction of sp³-hybridized carbons (Fsp3) is 0.462. The zero-order chi connectivity index (χ0) is 12.7. The minimum Gasteiger partial charge on any atom is -0.496 e. The highest BCUT2D eigenvalue weighted by Crippen LogP contribution is 2.23. The van der Waals surface area contributed by atoms with Crippen LogP contribution >= 0.6 is 12.2 Å². The van der Waals surface area contributed by atoms with Crippen molar-refractivity contribution in [2.24, 2.45) is 0 Å². The van der Waals surface area contributed by atoms with Crippen LogP contribution in [0.15, 0.2) is 24.3 Å². The molecule has 0 saturated heterocycles. The summed E-state index contributed by atoms with van der Waals surface area (Å²) < 4.78 is 5.33. The van der Waals surface area contributed by atoms with Gasteiger partial charge in [0.25, 0.3) is 0 Å². The van der Waals surface area contributed by atoms with Gasteiger partial charge in [-0.15, -0.1) is 0 Å². The smallest absolute Gasteiger partial charge is 0.166 e. The van der Waals surface area contributed by atoms with E-state index in [1.165, 1.54) is 0 Å². The maximum atomic E-state index is 5.33. The molecule has 0 fully saturated rings. The van der Waals surface area contributed by atoms with E-state index < -0.39 is 0 Å². The first kappa shape index (κ1) is 13.8. The van der Waals surface area contributed by atoms with Gasteiger partial charge in [0.2, 0.25) is 0 Å². The third-order valence-electron chi connectivity index (χ3n) is 2.49. The molecular weight excluding hydrogens is 232 g/mol. The Morgan fingerprint density at radius 3 is 2.76 bits per heavy atom. The molecule has 4 heteroatoms. The van der Waals surface area contributed by atoms with Crippen LogP contribution in [0.2, 0.25) is 0 Å². The van der Waals surface area contributed by atoms with Crippen molar-refractivity contribution in [1.82, 2.24) is 10.6 Å². The third-order valence-corrected chi connectivity index (χ3v) is 2.75. The van der Waals surface area contributed by atoms with Crippen molar-refractivity contribution in [1.29, 1.82) is 0 Å². The molecule has 0 bridgehead atoms. The average Bonchev–Trinajstić information content (AvgIpc) is 2.36. The van der Waals surface area contributed by atoms with E-state index in [1.54, 1.807) is 7.11 Å². The van der Waals surface area contributed by atoms with Crippen LogP contribution in [0.4, 0.5) is 0 Å². The molecule has 0 aliphatic carbocycles. The van der Waals surface area contributed by atoms with Gasteiger partial charge in [-0.3, -0.25) is 0 Å². The van der Waals surface area contributed by atoms with E-state index in [0.717, 1.165) is 24.3 Å². The summed E-state index contributed by atoms with van der Waals surface area (Å²) in [7, 11) is 1.68. The number of ether oxygens (including phenoxy) is 1. The second kappa shape index (κ2) is 7.12. The van der Waals surface area contributed by atoms with Gasteiger partial charge in [0.15, 0.2) is 5.11 Å². The molecule has 0 aliphatic rings. The molecule has 1 unspecified atom stereocenters. The fourth-order valence-electron chi connectivity index (χ4n) is 1.59. The summed E-state index contributed by atoms with van der Waals surface area (Å²) in [5, 5.41) is 7.08. The molecule has 0 spiro atoms. The zero-order valence-electron chi connectivity index (χ0n) is 10.6. The van der Waals surface area contributed by atoms with E-state index >= 15 is 0 Å². The van der Waals surface area contributed by atoms with Crippen molar-refractivity contribution in [3.63, 3.8) is 0 Å². The summed E-state index contributed by atoms with van der Waals surface area (Å²) >= 11 is 5.21. The van der Waals surface area contributed by atoms with Crippen LogP contribution in [0.1, 0.15) is 31.9 Å². The van der Waals surface area contributed by atoms with Gasteiger partial charge in [-0.1, -0.05) is 25.1 Å². The molecule has 1 rings (SSSR count). The standard InChI is InChI=1S/C13H20N2OS/c1-4-9-14-13(17)15-10(2)11-7-5-6-8-12(11)16-3/h5-8,10H,4,9H2,1-3H3,(H2,14,15,17). The molecule has 0 heterocycles. The minimum absolute atomic E-state index is 0.128. The molecule has 0 amide bonds. The van der Waals surface area contributed by atoms with E-state index in [1.807, 2.05) is 24.3 Å². The van der Waals surface area contributed by atoms with E-state index in [4.69, 9.17) is 17.0 Å². The lowest BCUT2D eigenvalue weighted by Crippen LogP contribution is -2.37. The SMILES string of the molecule is CCCNC(=S)NC(C)c1ccccc1OC. The molecule has 17 heavy (non-hydrogen) atoms. The van der Waals surface area contributed by atoms with Gasteiger partial charge in [0.05, 0.1) is 13.2 Å². The number of benzene rings is 1. The van der Waals surface area contributed by atoms with E-state index in [9.17, 15) is 0 Å². The number of para-hydroxylation sites is 1.